The molecule has 0 aromatic carbocycles. The van der Waals surface area contributed by atoms with E-state index < -0.39 is 0 Å². The third-order valence-corrected chi connectivity index (χ3v) is 4.41. The smallest absolute Gasteiger partial charge is 0.220 e. The van der Waals surface area contributed by atoms with Crippen molar-refractivity contribution in [1.82, 2.24) is 5.32 Å². The van der Waals surface area contributed by atoms with Crippen molar-refractivity contribution in [3.8, 4) is 0 Å². The van der Waals surface area contributed by atoms with E-state index in [1.165, 1.54) is 12.8 Å². The molecule has 3 nitrogen and oxygen atoms in total. The molecule has 0 bridgehead atoms. The van der Waals surface area contributed by atoms with Gasteiger partial charge in [-0.05, 0) is 43.9 Å². The van der Waals surface area contributed by atoms with Crippen LogP contribution in [0.25, 0.3) is 0 Å². The predicted octanol–water partition coefficient (Wildman–Crippen LogP) is 2.84. The van der Waals surface area contributed by atoms with E-state index in [4.69, 9.17) is 5.73 Å². The van der Waals surface area contributed by atoms with Crippen molar-refractivity contribution in [1.29, 1.82) is 0 Å². The summed E-state index contributed by atoms with van der Waals surface area (Å²) in [7, 11) is 0. The molecular weight excluding hydrogens is 224 g/mol. The Kier molecular flexibility index (Phi) is 7.33. The van der Waals surface area contributed by atoms with Crippen LogP contribution >= 0.6 is 0 Å². The number of carbonyl (C=O) groups is 1. The Morgan fingerprint density at radius 2 is 1.83 bits per heavy atom. The lowest BCUT2D eigenvalue weighted by Gasteiger charge is -2.25. The molecule has 1 aliphatic carbocycles. The molecule has 0 heterocycles. The lowest BCUT2D eigenvalue weighted by Crippen LogP contribution is -2.30. The highest BCUT2D eigenvalue weighted by molar-refractivity contribution is 5.75. The first-order chi connectivity index (χ1) is 8.65. The molecular formula is C15H30N2O. The summed E-state index contributed by atoms with van der Waals surface area (Å²) in [4.78, 5) is 11.8. The topological polar surface area (TPSA) is 55.1 Å². The van der Waals surface area contributed by atoms with Gasteiger partial charge in [-0.1, -0.05) is 26.7 Å². The molecule has 0 unspecified atom stereocenters. The molecule has 1 aliphatic rings. The highest BCUT2D eigenvalue weighted by atomic mass is 16.1. The molecule has 0 spiro atoms. The Balaban J connectivity index is 2.09. The van der Waals surface area contributed by atoms with Gasteiger partial charge in [0.25, 0.3) is 0 Å². The van der Waals surface area contributed by atoms with Gasteiger partial charge in [-0.15, -0.1) is 0 Å². The summed E-state index contributed by atoms with van der Waals surface area (Å²) in [6, 6.07) is 0.407. The van der Waals surface area contributed by atoms with Gasteiger partial charge in [-0.2, -0.15) is 0 Å². The van der Waals surface area contributed by atoms with Crippen molar-refractivity contribution in [2.45, 2.75) is 71.3 Å². The standard InChI is InChI=1S/C15H30N2O/c1-3-12(4-2)11-17-15(18)10-7-13-5-8-14(16)9-6-13/h12-14H,3-11,16H2,1-2H3,(H,17,18). The van der Waals surface area contributed by atoms with Crippen LogP contribution in [0.2, 0.25) is 0 Å². The minimum absolute atomic E-state index is 0.233. The van der Waals surface area contributed by atoms with Crippen molar-refractivity contribution in [3.05, 3.63) is 0 Å². The Morgan fingerprint density at radius 3 is 2.39 bits per heavy atom. The average molecular weight is 254 g/mol. The van der Waals surface area contributed by atoms with Crippen LogP contribution < -0.4 is 11.1 Å². The van der Waals surface area contributed by atoms with Crippen molar-refractivity contribution >= 4 is 5.91 Å². The Bertz CT molecular complexity index is 231. The molecule has 106 valence electrons. The number of carbonyl (C=O) groups excluding carboxylic acids is 1. The molecule has 0 radical (unpaired) electrons. The van der Waals surface area contributed by atoms with Crippen LogP contribution in [0.4, 0.5) is 0 Å². The third kappa shape index (κ3) is 5.85. The predicted molar refractivity (Wildman–Crippen MR) is 76.2 cm³/mol. The fraction of sp³-hybridized carbons (Fsp3) is 0.933. The number of rotatable bonds is 7. The second-order valence-electron chi connectivity index (χ2n) is 5.81. The fourth-order valence-corrected chi connectivity index (χ4v) is 2.74. The quantitative estimate of drug-likeness (QED) is 0.734. The molecule has 3 N–H and O–H groups in total. The molecule has 0 aliphatic heterocycles. The van der Waals surface area contributed by atoms with Crippen LogP contribution in [0.1, 0.15) is 65.2 Å². The number of hydrogen-bond acceptors (Lipinski definition) is 2. The first-order valence-corrected chi connectivity index (χ1v) is 7.67. The maximum atomic E-state index is 11.8. The second-order valence-corrected chi connectivity index (χ2v) is 5.81. The number of nitrogens with two attached hydrogens (primary N) is 1. The monoisotopic (exact) mass is 254 g/mol. The zero-order chi connectivity index (χ0) is 13.4. The van der Waals surface area contributed by atoms with Crippen LogP contribution in [-0.4, -0.2) is 18.5 Å². The van der Waals surface area contributed by atoms with E-state index in [9.17, 15) is 4.79 Å². The van der Waals surface area contributed by atoms with Gasteiger partial charge in [-0.25, -0.2) is 0 Å². The van der Waals surface area contributed by atoms with Crippen LogP contribution in [0.15, 0.2) is 0 Å². The average Bonchev–Trinajstić information content (AvgIpc) is 2.39. The molecule has 1 rings (SSSR count). The molecule has 1 amide bonds. The molecule has 18 heavy (non-hydrogen) atoms. The second kappa shape index (κ2) is 8.52. The highest BCUT2D eigenvalue weighted by Gasteiger charge is 2.19. The van der Waals surface area contributed by atoms with Crippen molar-refractivity contribution in [3.63, 3.8) is 0 Å². The summed E-state index contributed by atoms with van der Waals surface area (Å²) >= 11 is 0. The number of amides is 1. The van der Waals surface area contributed by atoms with Crippen LogP contribution in [0.3, 0.4) is 0 Å². The molecule has 0 aromatic heterocycles. The molecule has 1 fully saturated rings. The first kappa shape index (κ1) is 15.5. The van der Waals surface area contributed by atoms with Crippen molar-refractivity contribution in [2.75, 3.05) is 6.54 Å². The minimum atomic E-state index is 0.233. The fourth-order valence-electron chi connectivity index (χ4n) is 2.74. The summed E-state index contributed by atoms with van der Waals surface area (Å²) < 4.78 is 0. The maximum Gasteiger partial charge on any atom is 0.220 e. The van der Waals surface area contributed by atoms with Gasteiger partial charge in [0.1, 0.15) is 0 Å². The van der Waals surface area contributed by atoms with Crippen LogP contribution in [-0.2, 0) is 4.79 Å². The van der Waals surface area contributed by atoms with Gasteiger partial charge >= 0.3 is 0 Å². The zero-order valence-electron chi connectivity index (χ0n) is 12.1. The van der Waals surface area contributed by atoms with Gasteiger partial charge in [0.05, 0.1) is 0 Å². The first-order valence-electron chi connectivity index (χ1n) is 7.67. The Morgan fingerprint density at radius 1 is 1.22 bits per heavy atom. The summed E-state index contributed by atoms with van der Waals surface area (Å²) in [5, 5.41) is 3.07. The summed E-state index contributed by atoms with van der Waals surface area (Å²) in [5.74, 6) is 1.60. The van der Waals surface area contributed by atoms with Crippen molar-refractivity contribution in [2.24, 2.45) is 17.6 Å². The Labute approximate surface area is 112 Å². The Hall–Kier alpha value is -0.570. The van der Waals surface area contributed by atoms with Crippen LogP contribution in [0.5, 0.6) is 0 Å². The minimum Gasteiger partial charge on any atom is -0.356 e. The molecule has 0 saturated heterocycles. The van der Waals surface area contributed by atoms with E-state index in [0.717, 1.165) is 44.6 Å². The van der Waals surface area contributed by atoms with Crippen LogP contribution in [0, 0.1) is 11.8 Å². The van der Waals surface area contributed by atoms with E-state index >= 15 is 0 Å². The summed E-state index contributed by atoms with van der Waals surface area (Å²) in [6.45, 7) is 5.22. The third-order valence-electron chi connectivity index (χ3n) is 4.41. The van der Waals surface area contributed by atoms with Gasteiger partial charge in [0.2, 0.25) is 5.91 Å². The number of nitrogens with one attached hydrogen (secondary N) is 1. The lowest BCUT2D eigenvalue weighted by atomic mass is 9.84. The van der Waals surface area contributed by atoms with Gasteiger partial charge in [0, 0.05) is 19.0 Å². The van der Waals surface area contributed by atoms with Gasteiger partial charge < -0.3 is 11.1 Å². The molecule has 0 aromatic rings. The SMILES string of the molecule is CCC(CC)CNC(=O)CCC1CCC(N)CC1. The van der Waals surface area contributed by atoms with Crippen molar-refractivity contribution < 1.29 is 4.79 Å². The normalized spacial score (nSPS) is 24.2. The van der Waals surface area contributed by atoms with Gasteiger partial charge in [-0.3, -0.25) is 4.79 Å². The molecule has 1 saturated carbocycles. The van der Waals surface area contributed by atoms with Gasteiger partial charge in [0.15, 0.2) is 0 Å². The summed E-state index contributed by atoms with van der Waals surface area (Å²) in [6.07, 6.45) is 8.73. The lowest BCUT2D eigenvalue weighted by molar-refractivity contribution is -0.121. The van der Waals surface area contributed by atoms with E-state index in [1.807, 2.05) is 0 Å². The largest absolute Gasteiger partial charge is 0.356 e. The number of hydrogen-bond donors (Lipinski definition) is 2. The summed E-state index contributed by atoms with van der Waals surface area (Å²) in [5.41, 5.74) is 5.89. The van der Waals surface area contributed by atoms with E-state index in [2.05, 4.69) is 19.2 Å². The van der Waals surface area contributed by atoms with E-state index in [0.29, 0.717) is 18.4 Å². The van der Waals surface area contributed by atoms with E-state index in [1.54, 1.807) is 0 Å². The highest BCUT2D eigenvalue weighted by Crippen LogP contribution is 2.26. The maximum absolute atomic E-state index is 11.8. The molecule has 3 heteroatoms. The van der Waals surface area contributed by atoms with E-state index in [-0.39, 0.29) is 5.91 Å². The zero-order valence-corrected chi connectivity index (χ0v) is 12.1. The molecule has 0 atom stereocenters.